The van der Waals surface area contributed by atoms with Crippen LogP contribution in [0.1, 0.15) is 19.9 Å². The van der Waals surface area contributed by atoms with Gasteiger partial charge in [0.15, 0.2) is 0 Å². The quantitative estimate of drug-likeness (QED) is 0.427. The Morgan fingerprint density at radius 3 is 2.59 bits per heavy atom. The molecule has 3 heterocycles. The average molecular weight is 469 g/mol. The number of nitrogens with one attached hydrogen (secondary N) is 2. The van der Waals surface area contributed by atoms with Crippen molar-refractivity contribution in [3.8, 4) is 22.4 Å². The van der Waals surface area contributed by atoms with Gasteiger partial charge in [-0.2, -0.15) is 13.2 Å². The van der Waals surface area contributed by atoms with Gasteiger partial charge in [-0.25, -0.2) is 9.78 Å². The number of amides is 2. The number of hydrogen-bond acceptors (Lipinski definition) is 3. The molecule has 10 heteroatoms. The van der Waals surface area contributed by atoms with Crippen molar-refractivity contribution in [3.63, 3.8) is 0 Å². The minimum absolute atomic E-state index is 0.0330. The van der Waals surface area contributed by atoms with E-state index in [1.54, 1.807) is 46.4 Å². The maximum atomic E-state index is 12.3. The Kier molecular flexibility index (Phi) is 6.14. The molecular weight excluding hydrogens is 447 g/mol. The lowest BCUT2D eigenvalue weighted by atomic mass is 10.1. The molecule has 0 aliphatic heterocycles. The summed E-state index contributed by atoms with van der Waals surface area (Å²) in [5, 5.41) is 4.18. The van der Waals surface area contributed by atoms with Gasteiger partial charge < -0.3 is 15.2 Å². The molecule has 176 valence electrons. The minimum Gasteiger partial charge on any atom is -0.329 e. The van der Waals surface area contributed by atoms with Gasteiger partial charge >= 0.3 is 12.2 Å². The number of alkyl halides is 3. The topological polar surface area (TPSA) is 80.4 Å². The summed E-state index contributed by atoms with van der Waals surface area (Å²) in [5.41, 5.74) is 4.21. The maximum Gasteiger partial charge on any atom is 0.405 e. The lowest BCUT2D eigenvalue weighted by Gasteiger charge is -2.12. The second-order valence-electron chi connectivity index (χ2n) is 8.05. The van der Waals surface area contributed by atoms with Crippen LogP contribution in [0.4, 0.5) is 23.7 Å². The number of hydrogen-bond donors (Lipinski definition) is 2. The SMILES string of the molecule is CC(C)n1cc(-c2ccn3c(-c4cccc(NC(=O)NCC(F)(F)F)c4)cnc3c2)ccc1=O. The zero-order valence-electron chi connectivity index (χ0n) is 18.4. The molecular formula is C24H22F3N5O2. The van der Waals surface area contributed by atoms with Gasteiger partial charge in [-0.3, -0.25) is 9.20 Å². The highest BCUT2D eigenvalue weighted by Gasteiger charge is 2.27. The number of carbonyl (C=O) groups excluding carboxylic acids is 1. The third-order valence-electron chi connectivity index (χ3n) is 5.21. The molecule has 0 aliphatic carbocycles. The Labute approximate surface area is 192 Å². The number of halogens is 3. The first-order valence-corrected chi connectivity index (χ1v) is 10.5. The number of imidazole rings is 1. The Morgan fingerprint density at radius 2 is 1.85 bits per heavy atom. The molecule has 0 unspecified atom stereocenters. The van der Waals surface area contributed by atoms with Crippen LogP contribution in [0.5, 0.6) is 0 Å². The minimum atomic E-state index is -4.49. The van der Waals surface area contributed by atoms with E-state index in [9.17, 15) is 22.8 Å². The third kappa shape index (κ3) is 5.11. The molecule has 0 spiro atoms. The summed E-state index contributed by atoms with van der Waals surface area (Å²) in [6.07, 6.45) is 0.868. The highest BCUT2D eigenvalue weighted by Crippen LogP contribution is 2.27. The van der Waals surface area contributed by atoms with Gasteiger partial charge in [-0.1, -0.05) is 12.1 Å². The number of nitrogens with zero attached hydrogens (tertiary/aromatic N) is 3. The molecule has 4 rings (SSSR count). The summed E-state index contributed by atoms with van der Waals surface area (Å²) in [5.74, 6) is 0. The standard InChI is InChI=1S/C24H22F3N5O2/c1-15(2)32-13-18(6-7-22(32)33)16-8-9-31-20(12-28-21(31)11-16)17-4-3-5-19(10-17)30-23(34)29-14-24(25,26)27/h3-13,15H,14H2,1-2H3,(H2,29,30,34). The maximum absolute atomic E-state index is 12.3. The average Bonchev–Trinajstić information content (AvgIpc) is 3.21. The molecule has 0 bridgehead atoms. The van der Waals surface area contributed by atoms with E-state index in [1.165, 1.54) is 0 Å². The summed E-state index contributed by atoms with van der Waals surface area (Å²) >= 11 is 0. The first kappa shape index (κ1) is 23.1. The van der Waals surface area contributed by atoms with E-state index >= 15 is 0 Å². The number of urea groups is 1. The summed E-state index contributed by atoms with van der Waals surface area (Å²) in [6, 6.07) is 13.0. The molecule has 0 radical (unpaired) electrons. The molecule has 2 N–H and O–H groups in total. The van der Waals surface area contributed by atoms with Crippen molar-refractivity contribution >= 4 is 17.4 Å². The van der Waals surface area contributed by atoms with Gasteiger partial charge in [0.2, 0.25) is 0 Å². The Morgan fingerprint density at radius 1 is 1.06 bits per heavy atom. The zero-order chi connectivity index (χ0) is 24.5. The van der Waals surface area contributed by atoms with Crippen molar-refractivity contribution in [3.05, 3.63) is 77.5 Å². The van der Waals surface area contributed by atoms with E-state index in [1.807, 2.05) is 48.8 Å². The highest BCUT2D eigenvalue weighted by atomic mass is 19.4. The number of carbonyl (C=O) groups is 1. The van der Waals surface area contributed by atoms with Crippen LogP contribution >= 0.6 is 0 Å². The van der Waals surface area contributed by atoms with Crippen molar-refractivity contribution in [2.75, 3.05) is 11.9 Å². The molecule has 7 nitrogen and oxygen atoms in total. The number of benzene rings is 1. The molecule has 34 heavy (non-hydrogen) atoms. The van der Waals surface area contributed by atoms with E-state index in [0.29, 0.717) is 11.3 Å². The molecule has 0 fully saturated rings. The van der Waals surface area contributed by atoms with Crippen molar-refractivity contribution in [1.82, 2.24) is 19.3 Å². The summed E-state index contributed by atoms with van der Waals surface area (Å²) < 4.78 is 40.4. The van der Waals surface area contributed by atoms with Gasteiger partial charge in [0.05, 0.1) is 11.9 Å². The third-order valence-corrected chi connectivity index (χ3v) is 5.21. The van der Waals surface area contributed by atoms with Gasteiger partial charge in [-0.15, -0.1) is 0 Å². The number of fused-ring (bicyclic) bond motifs is 1. The van der Waals surface area contributed by atoms with E-state index in [-0.39, 0.29) is 11.6 Å². The van der Waals surface area contributed by atoms with E-state index in [0.717, 1.165) is 22.4 Å². The fourth-order valence-corrected chi connectivity index (χ4v) is 3.56. The van der Waals surface area contributed by atoms with E-state index in [4.69, 9.17) is 0 Å². The number of rotatable bonds is 5. The van der Waals surface area contributed by atoms with Gasteiger partial charge in [0, 0.05) is 35.8 Å². The van der Waals surface area contributed by atoms with E-state index < -0.39 is 18.8 Å². The molecule has 0 saturated heterocycles. The summed E-state index contributed by atoms with van der Waals surface area (Å²) in [4.78, 5) is 28.3. The van der Waals surface area contributed by atoms with Crippen molar-refractivity contribution in [1.29, 1.82) is 0 Å². The number of anilines is 1. The predicted octanol–water partition coefficient (Wildman–Crippen LogP) is 5.09. The van der Waals surface area contributed by atoms with Gasteiger partial charge in [0.1, 0.15) is 12.2 Å². The van der Waals surface area contributed by atoms with Crippen molar-refractivity contribution in [2.24, 2.45) is 0 Å². The molecule has 0 atom stereocenters. The first-order chi connectivity index (χ1) is 16.1. The number of aromatic nitrogens is 3. The lowest BCUT2D eigenvalue weighted by Crippen LogP contribution is -2.36. The van der Waals surface area contributed by atoms with Crippen LogP contribution in [0.3, 0.4) is 0 Å². The lowest BCUT2D eigenvalue weighted by molar-refractivity contribution is -0.122. The van der Waals surface area contributed by atoms with Crippen LogP contribution < -0.4 is 16.2 Å². The van der Waals surface area contributed by atoms with E-state index in [2.05, 4.69) is 10.3 Å². The number of pyridine rings is 2. The second-order valence-corrected chi connectivity index (χ2v) is 8.05. The molecule has 4 aromatic rings. The Hall–Kier alpha value is -4.08. The monoisotopic (exact) mass is 469 g/mol. The van der Waals surface area contributed by atoms with Crippen LogP contribution in [-0.4, -0.2) is 32.7 Å². The van der Waals surface area contributed by atoms with Crippen molar-refractivity contribution in [2.45, 2.75) is 26.1 Å². The van der Waals surface area contributed by atoms with Gasteiger partial charge in [0.25, 0.3) is 5.56 Å². The fraction of sp³-hybridized carbons (Fsp3) is 0.208. The molecule has 0 saturated carbocycles. The predicted molar refractivity (Wildman–Crippen MR) is 124 cm³/mol. The molecule has 1 aromatic carbocycles. The smallest absolute Gasteiger partial charge is 0.329 e. The normalized spacial score (nSPS) is 11.7. The molecule has 3 aromatic heterocycles. The zero-order valence-corrected chi connectivity index (χ0v) is 18.4. The second kappa shape index (κ2) is 9.05. The summed E-state index contributed by atoms with van der Waals surface area (Å²) in [7, 11) is 0. The largest absolute Gasteiger partial charge is 0.405 e. The van der Waals surface area contributed by atoms with Crippen LogP contribution in [0, 0.1) is 0 Å². The van der Waals surface area contributed by atoms with Crippen LogP contribution in [0.25, 0.3) is 28.0 Å². The Balaban J connectivity index is 1.60. The molecule has 0 aliphatic rings. The summed E-state index contributed by atoms with van der Waals surface area (Å²) in [6.45, 7) is 2.47. The first-order valence-electron chi connectivity index (χ1n) is 10.5. The van der Waals surface area contributed by atoms with Gasteiger partial charge in [-0.05, 0) is 55.3 Å². The highest BCUT2D eigenvalue weighted by molar-refractivity contribution is 5.90. The van der Waals surface area contributed by atoms with Crippen LogP contribution in [0.2, 0.25) is 0 Å². The Bertz CT molecular complexity index is 1410. The van der Waals surface area contributed by atoms with Crippen LogP contribution in [0.15, 0.2) is 71.9 Å². The van der Waals surface area contributed by atoms with Crippen molar-refractivity contribution < 1.29 is 18.0 Å². The molecule has 2 amide bonds. The van der Waals surface area contributed by atoms with Crippen LogP contribution in [-0.2, 0) is 0 Å². The fourth-order valence-electron chi connectivity index (χ4n) is 3.56.